The Kier molecular flexibility index (Phi) is 3.89. The van der Waals surface area contributed by atoms with Crippen LogP contribution in [0.3, 0.4) is 0 Å². The third-order valence-corrected chi connectivity index (χ3v) is 5.16. The standard InChI is InChI=1S/C22H23N3/c1-13-11-24-22(25-12-13)16-9-14(2)21(15(3)10-16)19-6-4-5-18-17(19)7-8-20(18)23/h4-6,9-12,20H,7-8,23H2,1-3H3/t20-/m1/s1. The lowest BCUT2D eigenvalue weighted by atomic mass is 9.89. The van der Waals surface area contributed by atoms with Gasteiger partial charge in [0.25, 0.3) is 0 Å². The van der Waals surface area contributed by atoms with Crippen LogP contribution in [0.2, 0.25) is 0 Å². The molecular weight excluding hydrogens is 306 g/mol. The van der Waals surface area contributed by atoms with Gasteiger partial charge in [0.1, 0.15) is 0 Å². The zero-order chi connectivity index (χ0) is 17.6. The third kappa shape index (κ3) is 2.75. The second-order valence-electron chi connectivity index (χ2n) is 7.09. The van der Waals surface area contributed by atoms with Crippen molar-refractivity contribution in [3.63, 3.8) is 0 Å². The van der Waals surface area contributed by atoms with Gasteiger partial charge in [-0.25, -0.2) is 9.97 Å². The Morgan fingerprint density at radius 3 is 2.36 bits per heavy atom. The van der Waals surface area contributed by atoms with Crippen LogP contribution in [0, 0.1) is 20.8 Å². The van der Waals surface area contributed by atoms with E-state index in [1.165, 1.54) is 33.4 Å². The molecule has 0 unspecified atom stereocenters. The van der Waals surface area contributed by atoms with Crippen LogP contribution in [0.1, 0.15) is 40.3 Å². The van der Waals surface area contributed by atoms with E-state index in [0.717, 1.165) is 29.8 Å². The topological polar surface area (TPSA) is 51.8 Å². The summed E-state index contributed by atoms with van der Waals surface area (Å²) in [6.07, 6.45) is 5.84. The molecule has 0 bridgehead atoms. The molecule has 25 heavy (non-hydrogen) atoms. The molecule has 2 aromatic carbocycles. The minimum Gasteiger partial charge on any atom is -0.324 e. The quantitative estimate of drug-likeness (QED) is 0.742. The molecule has 1 aliphatic rings. The van der Waals surface area contributed by atoms with E-state index in [4.69, 9.17) is 5.73 Å². The van der Waals surface area contributed by atoms with Crippen LogP contribution < -0.4 is 5.73 Å². The molecule has 1 aliphatic carbocycles. The summed E-state index contributed by atoms with van der Waals surface area (Å²) in [6.45, 7) is 6.35. The van der Waals surface area contributed by atoms with Gasteiger partial charge in [0.2, 0.25) is 0 Å². The maximum atomic E-state index is 6.27. The van der Waals surface area contributed by atoms with Crippen LogP contribution in [-0.4, -0.2) is 9.97 Å². The van der Waals surface area contributed by atoms with Crippen LogP contribution >= 0.6 is 0 Å². The Morgan fingerprint density at radius 2 is 1.68 bits per heavy atom. The molecular formula is C22H23N3. The number of aryl methyl sites for hydroxylation is 3. The molecule has 1 aromatic heterocycles. The number of nitrogens with two attached hydrogens (primary N) is 1. The van der Waals surface area contributed by atoms with Crippen molar-refractivity contribution in [2.24, 2.45) is 5.73 Å². The fourth-order valence-corrected chi connectivity index (χ4v) is 3.98. The summed E-state index contributed by atoms with van der Waals surface area (Å²) in [5, 5.41) is 0. The summed E-state index contributed by atoms with van der Waals surface area (Å²) in [6, 6.07) is 11.1. The van der Waals surface area contributed by atoms with Crippen molar-refractivity contribution in [3.8, 4) is 22.5 Å². The molecule has 0 aliphatic heterocycles. The maximum Gasteiger partial charge on any atom is 0.159 e. The molecule has 0 fully saturated rings. The average molecular weight is 329 g/mol. The Hall–Kier alpha value is -2.52. The molecule has 0 amide bonds. The zero-order valence-corrected chi connectivity index (χ0v) is 15.0. The monoisotopic (exact) mass is 329 g/mol. The van der Waals surface area contributed by atoms with Crippen molar-refractivity contribution in [3.05, 3.63) is 70.5 Å². The summed E-state index contributed by atoms with van der Waals surface area (Å²) in [5.74, 6) is 0.781. The van der Waals surface area contributed by atoms with Gasteiger partial charge in [-0.05, 0) is 84.7 Å². The van der Waals surface area contributed by atoms with Crippen LogP contribution in [-0.2, 0) is 6.42 Å². The lowest BCUT2D eigenvalue weighted by Gasteiger charge is -2.16. The molecule has 0 spiro atoms. The van der Waals surface area contributed by atoms with Gasteiger partial charge < -0.3 is 5.73 Å². The number of fused-ring (bicyclic) bond motifs is 1. The second kappa shape index (κ2) is 6.08. The van der Waals surface area contributed by atoms with E-state index >= 15 is 0 Å². The fourth-order valence-electron chi connectivity index (χ4n) is 3.98. The predicted octanol–water partition coefficient (Wildman–Crippen LogP) is 4.68. The minimum absolute atomic E-state index is 0.177. The number of hydrogen-bond donors (Lipinski definition) is 1. The first-order chi connectivity index (χ1) is 12.0. The SMILES string of the molecule is Cc1cnc(-c2cc(C)c(-c3cccc4c3CC[C@H]4N)c(C)c2)nc1. The molecule has 4 rings (SSSR count). The summed E-state index contributed by atoms with van der Waals surface area (Å²) < 4.78 is 0. The highest BCUT2D eigenvalue weighted by molar-refractivity contribution is 5.78. The number of hydrogen-bond acceptors (Lipinski definition) is 3. The highest BCUT2D eigenvalue weighted by Crippen LogP contribution is 2.39. The number of aromatic nitrogens is 2. The normalized spacial score (nSPS) is 16.1. The minimum atomic E-state index is 0.177. The molecule has 1 atom stereocenters. The molecule has 126 valence electrons. The van der Waals surface area contributed by atoms with Crippen molar-refractivity contribution in [1.29, 1.82) is 0 Å². The molecule has 3 aromatic rings. The van der Waals surface area contributed by atoms with E-state index in [0.29, 0.717) is 0 Å². The number of rotatable bonds is 2. The van der Waals surface area contributed by atoms with Crippen molar-refractivity contribution < 1.29 is 0 Å². The van der Waals surface area contributed by atoms with E-state index < -0.39 is 0 Å². The summed E-state index contributed by atoms with van der Waals surface area (Å²) in [5.41, 5.74) is 16.3. The first kappa shape index (κ1) is 16.0. The number of nitrogens with zero attached hydrogens (tertiary/aromatic N) is 2. The van der Waals surface area contributed by atoms with E-state index in [-0.39, 0.29) is 6.04 Å². The van der Waals surface area contributed by atoms with Gasteiger partial charge in [-0.2, -0.15) is 0 Å². The van der Waals surface area contributed by atoms with E-state index in [2.05, 4.69) is 54.1 Å². The van der Waals surface area contributed by atoms with E-state index in [1.54, 1.807) is 0 Å². The zero-order valence-electron chi connectivity index (χ0n) is 15.0. The molecule has 3 heteroatoms. The van der Waals surface area contributed by atoms with Gasteiger partial charge in [-0.1, -0.05) is 18.2 Å². The first-order valence-electron chi connectivity index (χ1n) is 8.82. The van der Waals surface area contributed by atoms with Crippen LogP contribution in [0.4, 0.5) is 0 Å². The summed E-state index contributed by atoms with van der Waals surface area (Å²) in [7, 11) is 0. The first-order valence-corrected chi connectivity index (χ1v) is 8.82. The maximum absolute atomic E-state index is 6.27. The average Bonchev–Trinajstić information content (AvgIpc) is 2.97. The van der Waals surface area contributed by atoms with E-state index in [1.807, 2.05) is 19.3 Å². The van der Waals surface area contributed by atoms with E-state index in [9.17, 15) is 0 Å². The predicted molar refractivity (Wildman–Crippen MR) is 102 cm³/mol. The fraction of sp³-hybridized carbons (Fsp3) is 0.273. The van der Waals surface area contributed by atoms with Gasteiger partial charge in [-0.15, -0.1) is 0 Å². The highest BCUT2D eigenvalue weighted by atomic mass is 14.9. The number of benzene rings is 2. The molecule has 3 nitrogen and oxygen atoms in total. The Bertz CT molecular complexity index is 919. The smallest absolute Gasteiger partial charge is 0.159 e. The Morgan fingerprint density at radius 1 is 1.00 bits per heavy atom. The Balaban J connectivity index is 1.84. The van der Waals surface area contributed by atoms with Gasteiger partial charge in [0.15, 0.2) is 5.82 Å². The highest BCUT2D eigenvalue weighted by Gasteiger charge is 2.23. The van der Waals surface area contributed by atoms with Gasteiger partial charge >= 0.3 is 0 Å². The Labute approximate surface area is 149 Å². The van der Waals surface area contributed by atoms with Gasteiger partial charge in [0.05, 0.1) is 0 Å². The van der Waals surface area contributed by atoms with Crippen molar-refractivity contribution >= 4 is 0 Å². The molecule has 0 radical (unpaired) electrons. The van der Waals surface area contributed by atoms with Crippen molar-refractivity contribution in [2.45, 2.75) is 39.7 Å². The van der Waals surface area contributed by atoms with Crippen molar-refractivity contribution in [2.75, 3.05) is 0 Å². The lowest BCUT2D eigenvalue weighted by molar-refractivity contribution is 0.713. The lowest BCUT2D eigenvalue weighted by Crippen LogP contribution is -2.05. The molecule has 0 saturated carbocycles. The van der Waals surface area contributed by atoms with Gasteiger partial charge in [-0.3, -0.25) is 0 Å². The summed E-state index contributed by atoms with van der Waals surface area (Å²) >= 11 is 0. The molecule has 2 N–H and O–H groups in total. The third-order valence-electron chi connectivity index (χ3n) is 5.16. The van der Waals surface area contributed by atoms with Crippen LogP contribution in [0.25, 0.3) is 22.5 Å². The molecule has 1 heterocycles. The van der Waals surface area contributed by atoms with Crippen molar-refractivity contribution in [1.82, 2.24) is 9.97 Å². The summed E-state index contributed by atoms with van der Waals surface area (Å²) in [4.78, 5) is 8.95. The largest absolute Gasteiger partial charge is 0.324 e. The van der Waals surface area contributed by atoms with Crippen LogP contribution in [0.5, 0.6) is 0 Å². The van der Waals surface area contributed by atoms with Gasteiger partial charge in [0, 0.05) is 24.0 Å². The molecule has 0 saturated heterocycles. The van der Waals surface area contributed by atoms with Crippen LogP contribution in [0.15, 0.2) is 42.7 Å². The second-order valence-corrected chi connectivity index (χ2v) is 7.09.